The Balaban J connectivity index is 1.89. The summed E-state index contributed by atoms with van der Waals surface area (Å²) in [6, 6.07) is 10.4. The zero-order valence-electron chi connectivity index (χ0n) is 13.0. The Morgan fingerprint density at radius 2 is 2.14 bits per heavy atom. The van der Waals surface area contributed by atoms with Crippen LogP contribution in [0.25, 0.3) is 0 Å². The first-order valence-electron chi connectivity index (χ1n) is 7.91. The topological polar surface area (TPSA) is 41.6 Å². The highest BCUT2D eigenvalue weighted by Crippen LogP contribution is 2.26. The lowest BCUT2D eigenvalue weighted by Crippen LogP contribution is -2.46. The van der Waals surface area contributed by atoms with Gasteiger partial charge in [-0.15, -0.1) is 0 Å². The zero-order valence-corrected chi connectivity index (χ0v) is 13.0. The van der Waals surface area contributed by atoms with E-state index in [0.717, 1.165) is 32.6 Å². The first-order valence-corrected chi connectivity index (χ1v) is 7.91. The maximum Gasteiger partial charge on any atom is 0.324 e. The minimum Gasteiger partial charge on any atom is -0.465 e. The number of nitrogens with one attached hydrogen (secondary N) is 1. The highest BCUT2D eigenvalue weighted by atomic mass is 16.5. The fraction of sp³-hybridized carbons (Fsp3) is 0.588. The van der Waals surface area contributed by atoms with Crippen molar-refractivity contribution in [3.05, 3.63) is 35.9 Å². The van der Waals surface area contributed by atoms with Gasteiger partial charge in [0.25, 0.3) is 0 Å². The molecule has 0 aliphatic carbocycles. The maximum absolute atomic E-state index is 12.0. The number of rotatable bonds is 7. The molecule has 1 aliphatic rings. The SMILES string of the molecule is CCNC(CN1CCC(c2ccccc2)C1)C(=O)OCC. The summed E-state index contributed by atoms with van der Waals surface area (Å²) >= 11 is 0. The van der Waals surface area contributed by atoms with Crippen molar-refractivity contribution in [2.24, 2.45) is 0 Å². The van der Waals surface area contributed by atoms with E-state index in [4.69, 9.17) is 4.74 Å². The third kappa shape index (κ3) is 4.55. The molecular formula is C17H26N2O2. The molecule has 0 bridgehead atoms. The van der Waals surface area contributed by atoms with Gasteiger partial charge in [-0.05, 0) is 37.9 Å². The number of likely N-dealkylation sites (N-methyl/N-ethyl adjacent to an activating group) is 1. The molecular weight excluding hydrogens is 264 g/mol. The molecule has 1 saturated heterocycles. The first-order chi connectivity index (χ1) is 10.2. The summed E-state index contributed by atoms with van der Waals surface area (Å²) in [5, 5.41) is 3.23. The molecule has 1 fully saturated rings. The van der Waals surface area contributed by atoms with Crippen molar-refractivity contribution in [3.8, 4) is 0 Å². The van der Waals surface area contributed by atoms with Crippen LogP contribution in [0.4, 0.5) is 0 Å². The summed E-state index contributed by atoms with van der Waals surface area (Å²) < 4.78 is 5.15. The minimum absolute atomic E-state index is 0.137. The molecule has 0 radical (unpaired) electrons. The molecule has 21 heavy (non-hydrogen) atoms. The molecule has 2 unspecified atom stereocenters. The molecule has 116 valence electrons. The van der Waals surface area contributed by atoms with Crippen LogP contribution in [0.3, 0.4) is 0 Å². The van der Waals surface area contributed by atoms with E-state index >= 15 is 0 Å². The van der Waals surface area contributed by atoms with Gasteiger partial charge in [-0.2, -0.15) is 0 Å². The summed E-state index contributed by atoms with van der Waals surface area (Å²) in [7, 11) is 0. The van der Waals surface area contributed by atoms with E-state index in [0.29, 0.717) is 12.5 Å². The maximum atomic E-state index is 12.0. The van der Waals surface area contributed by atoms with Crippen molar-refractivity contribution in [1.29, 1.82) is 0 Å². The van der Waals surface area contributed by atoms with Crippen molar-refractivity contribution in [3.63, 3.8) is 0 Å². The number of carbonyl (C=O) groups excluding carboxylic acids is 1. The van der Waals surface area contributed by atoms with Crippen molar-refractivity contribution in [2.75, 3.05) is 32.8 Å². The second kappa shape index (κ2) is 8.15. The lowest BCUT2D eigenvalue weighted by Gasteiger charge is -2.23. The van der Waals surface area contributed by atoms with E-state index in [1.807, 2.05) is 13.8 Å². The van der Waals surface area contributed by atoms with Gasteiger partial charge >= 0.3 is 5.97 Å². The van der Waals surface area contributed by atoms with Crippen molar-refractivity contribution < 1.29 is 9.53 Å². The molecule has 0 aromatic heterocycles. The predicted octanol–water partition coefficient (Wildman–Crippen LogP) is 2.02. The van der Waals surface area contributed by atoms with Crippen molar-refractivity contribution >= 4 is 5.97 Å². The van der Waals surface area contributed by atoms with E-state index < -0.39 is 0 Å². The Labute approximate surface area is 127 Å². The number of benzene rings is 1. The van der Waals surface area contributed by atoms with E-state index in [1.165, 1.54) is 5.56 Å². The summed E-state index contributed by atoms with van der Waals surface area (Å²) in [6.07, 6.45) is 1.16. The van der Waals surface area contributed by atoms with Gasteiger partial charge < -0.3 is 15.0 Å². The molecule has 1 N–H and O–H groups in total. The van der Waals surface area contributed by atoms with Gasteiger partial charge in [0.1, 0.15) is 6.04 Å². The molecule has 0 amide bonds. The van der Waals surface area contributed by atoms with Crippen LogP contribution in [0.5, 0.6) is 0 Å². The number of nitrogens with zero attached hydrogens (tertiary/aromatic N) is 1. The smallest absolute Gasteiger partial charge is 0.324 e. The van der Waals surface area contributed by atoms with Gasteiger partial charge in [-0.25, -0.2) is 0 Å². The van der Waals surface area contributed by atoms with Crippen LogP contribution in [-0.2, 0) is 9.53 Å². The van der Waals surface area contributed by atoms with Gasteiger partial charge in [0, 0.05) is 13.1 Å². The zero-order chi connectivity index (χ0) is 15.1. The minimum atomic E-state index is -0.218. The molecule has 2 rings (SSSR count). The number of ether oxygens (including phenoxy) is 1. The predicted molar refractivity (Wildman–Crippen MR) is 84.3 cm³/mol. The molecule has 4 nitrogen and oxygen atoms in total. The summed E-state index contributed by atoms with van der Waals surface area (Å²) in [4.78, 5) is 14.3. The molecule has 2 atom stereocenters. The average molecular weight is 290 g/mol. The van der Waals surface area contributed by atoms with Crippen molar-refractivity contribution in [2.45, 2.75) is 32.2 Å². The van der Waals surface area contributed by atoms with Crippen LogP contribution in [0.2, 0.25) is 0 Å². The monoisotopic (exact) mass is 290 g/mol. The third-order valence-electron chi connectivity index (χ3n) is 4.01. The van der Waals surface area contributed by atoms with E-state index in [2.05, 4.69) is 40.5 Å². The van der Waals surface area contributed by atoms with Crippen LogP contribution < -0.4 is 5.32 Å². The highest BCUT2D eigenvalue weighted by molar-refractivity contribution is 5.76. The molecule has 1 aliphatic heterocycles. The van der Waals surface area contributed by atoms with Gasteiger partial charge in [0.15, 0.2) is 0 Å². The van der Waals surface area contributed by atoms with Gasteiger partial charge in [-0.1, -0.05) is 37.3 Å². The normalized spacial score (nSPS) is 20.4. The summed E-state index contributed by atoms with van der Waals surface area (Å²) in [5.74, 6) is 0.443. The summed E-state index contributed by atoms with van der Waals surface area (Å²) in [6.45, 7) is 7.88. The first kappa shape index (κ1) is 16.0. The Hall–Kier alpha value is -1.39. The number of hydrogen-bond acceptors (Lipinski definition) is 4. The largest absolute Gasteiger partial charge is 0.465 e. The van der Waals surface area contributed by atoms with Gasteiger partial charge in [0.05, 0.1) is 6.61 Å². The van der Waals surface area contributed by atoms with Gasteiger partial charge in [0.2, 0.25) is 0 Å². The van der Waals surface area contributed by atoms with Crippen LogP contribution in [0.15, 0.2) is 30.3 Å². The second-order valence-corrected chi connectivity index (χ2v) is 5.52. The standard InChI is InChI=1S/C17H26N2O2/c1-3-18-16(17(20)21-4-2)13-19-11-10-15(12-19)14-8-6-5-7-9-14/h5-9,15-16,18H,3-4,10-13H2,1-2H3. The van der Waals surface area contributed by atoms with Crippen LogP contribution in [-0.4, -0.2) is 49.7 Å². The quantitative estimate of drug-likeness (QED) is 0.780. The Bertz CT molecular complexity index is 436. The second-order valence-electron chi connectivity index (χ2n) is 5.52. The number of hydrogen-bond donors (Lipinski definition) is 1. The van der Waals surface area contributed by atoms with Gasteiger partial charge in [-0.3, -0.25) is 4.79 Å². The summed E-state index contributed by atoms with van der Waals surface area (Å²) in [5.41, 5.74) is 1.40. The van der Waals surface area contributed by atoms with E-state index in [1.54, 1.807) is 0 Å². The lowest BCUT2D eigenvalue weighted by molar-refractivity contribution is -0.146. The fourth-order valence-corrected chi connectivity index (χ4v) is 2.97. The molecule has 1 aromatic carbocycles. The van der Waals surface area contributed by atoms with E-state index in [-0.39, 0.29) is 12.0 Å². The number of carbonyl (C=O) groups is 1. The Morgan fingerprint density at radius 1 is 1.38 bits per heavy atom. The molecule has 1 aromatic rings. The van der Waals surface area contributed by atoms with Crippen LogP contribution in [0, 0.1) is 0 Å². The Morgan fingerprint density at radius 3 is 2.81 bits per heavy atom. The Kier molecular flexibility index (Phi) is 6.21. The molecule has 4 heteroatoms. The molecule has 0 saturated carbocycles. The highest BCUT2D eigenvalue weighted by Gasteiger charge is 2.28. The van der Waals surface area contributed by atoms with Crippen LogP contribution >= 0.6 is 0 Å². The molecule has 0 spiro atoms. The van der Waals surface area contributed by atoms with Crippen molar-refractivity contribution in [1.82, 2.24) is 10.2 Å². The third-order valence-corrected chi connectivity index (χ3v) is 4.01. The number of esters is 1. The molecule has 1 heterocycles. The lowest BCUT2D eigenvalue weighted by atomic mass is 9.99. The fourth-order valence-electron chi connectivity index (χ4n) is 2.97. The average Bonchev–Trinajstić information content (AvgIpc) is 2.96. The number of likely N-dealkylation sites (tertiary alicyclic amines) is 1. The van der Waals surface area contributed by atoms with Crippen LogP contribution in [0.1, 0.15) is 31.7 Å². The van der Waals surface area contributed by atoms with E-state index in [9.17, 15) is 4.79 Å².